The van der Waals surface area contributed by atoms with Crippen LogP contribution in [0.5, 0.6) is 0 Å². The standard InChI is InChI=1S/C17H25NO5S/c1-13-6-8-14(9-7-13)24(20,21)22-12-17(5)10-18(11-17)15(19)23-16(2,3)4/h6-9H,10-12H2,1-5H3. The van der Waals surface area contributed by atoms with E-state index < -0.39 is 21.1 Å². The summed E-state index contributed by atoms with van der Waals surface area (Å²) in [6.07, 6.45) is -0.388. The number of likely N-dealkylation sites (tertiary alicyclic amines) is 1. The summed E-state index contributed by atoms with van der Waals surface area (Å²) >= 11 is 0. The minimum Gasteiger partial charge on any atom is -0.444 e. The van der Waals surface area contributed by atoms with Gasteiger partial charge in [-0.05, 0) is 39.8 Å². The third-order valence-electron chi connectivity index (χ3n) is 3.67. The maximum atomic E-state index is 12.2. The molecule has 0 aromatic heterocycles. The summed E-state index contributed by atoms with van der Waals surface area (Å²) < 4.78 is 34.9. The van der Waals surface area contributed by atoms with Gasteiger partial charge in [-0.3, -0.25) is 4.18 Å². The Bertz CT molecular complexity index is 697. The van der Waals surface area contributed by atoms with Crippen LogP contribution in [-0.2, 0) is 19.0 Å². The zero-order chi connectivity index (χ0) is 18.2. The molecule has 1 fully saturated rings. The molecule has 0 atom stereocenters. The molecule has 0 saturated carbocycles. The molecule has 1 aliphatic rings. The number of benzene rings is 1. The summed E-state index contributed by atoms with van der Waals surface area (Å²) in [6.45, 7) is 10.0. The third-order valence-corrected chi connectivity index (χ3v) is 4.95. The van der Waals surface area contributed by atoms with E-state index in [2.05, 4.69) is 0 Å². The number of amides is 1. The van der Waals surface area contributed by atoms with Gasteiger partial charge in [0.1, 0.15) is 5.60 Å². The lowest BCUT2D eigenvalue weighted by Crippen LogP contribution is -2.59. The van der Waals surface area contributed by atoms with Crippen LogP contribution in [-0.4, -0.2) is 44.7 Å². The van der Waals surface area contributed by atoms with E-state index in [1.54, 1.807) is 37.8 Å². The Morgan fingerprint density at radius 3 is 2.25 bits per heavy atom. The quantitative estimate of drug-likeness (QED) is 0.777. The predicted molar refractivity (Wildman–Crippen MR) is 90.2 cm³/mol. The molecule has 1 aromatic rings. The Hall–Kier alpha value is -1.60. The normalized spacial score (nSPS) is 17.3. The van der Waals surface area contributed by atoms with Crippen LogP contribution < -0.4 is 0 Å². The van der Waals surface area contributed by atoms with Gasteiger partial charge in [-0.2, -0.15) is 8.42 Å². The Labute approximate surface area is 143 Å². The Morgan fingerprint density at radius 1 is 1.21 bits per heavy atom. The summed E-state index contributed by atoms with van der Waals surface area (Å²) in [4.78, 5) is 13.6. The average molecular weight is 355 g/mol. The molecule has 0 spiro atoms. The van der Waals surface area contributed by atoms with Gasteiger partial charge in [0.2, 0.25) is 0 Å². The highest BCUT2D eigenvalue weighted by molar-refractivity contribution is 7.86. The molecule has 6 nitrogen and oxygen atoms in total. The first-order chi connectivity index (χ1) is 10.9. The molecule has 0 unspecified atom stereocenters. The molecular weight excluding hydrogens is 330 g/mol. The highest BCUT2D eigenvalue weighted by Crippen LogP contribution is 2.32. The molecule has 1 heterocycles. The van der Waals surface area contributed by atoms with Gasteiger partial charge in [-0.15, -0.1) is 0 Å². The topological polar surface area (TPSA) is 72.9 Å². The monoisotopic (exact) mass is 355 g/mol. The smallest absolute Gasteiger partial charge is 0.410 e. The largest absolute Gasteiger partial charge is 0.444 e. The lowest BCUT2D eigenvalue weighted by atomic mass is 9.83. The van der Waals surface area contributed by atoms with Gasteiger partial charge in [-0.1, -0.05) is 24.6 Å². The second kappa shape index (κ2) is 6.37. The van der Waals surface area contributed by atoms with Gasteiger partial charge in [0.05, 0.1) is 11.5 Å². The number of nitrogens with zero attached hydrogens (tertiary/aromatic N) is 1. The van der Waals surface area contributed by atoms with Crippen molar-refractivity contribution in [1.29, 1.82) is 0 Å². The number of carbonyl (C=O) groups excluding carboxylic acids is 1. The fourth-order valence-corrected chi connectivity index (χ4v) is 3.46. The number of carbonyl (C=O) groups is 1. The molecule has 7 heteroatoms. The van der Waals surface area contributed by atoms with Crippen LogP contribution in [0.1, 0.15) is 33.3 Å². The molecule has 1 aromatic carbocycles. The number of aryl methyl sites for hydroxylation is 1. The second-order valence-corrected chi connectivity index (χ2v) is 9.29. The van der Waals surface area contributed by atoms with E-state index in [9.17, 15) is 13.2 Å². The van der Waals surface area contributed by atoms with Gasteiger partial charge in [0, 0.05) is 18.5 Å². The Balaban J connectivity index is 1.89. The molecule has 1 amide bonds. The van der Waals surface area contributed by atoms with Gasteiger partial charge >= 0.3 is 6.09 Å². The van der Waals surface area contributed by atoms with Gasteiger partial charge in [0.25, 0.3) is 10.1 Å². The lowest BCUT2D eigenvalue weighted by molar-refractivity contribution is -0.0419. The average Bonchev–Trinajstić information content (AvgIpc) is 2.41. The maximum Gasteiger partial charge on any atom is 0.410 e. The van der Waals surface area contributed by atoms with Crippen molar-refractivity contribution in [3.8, 4) is 0 Å². The van der Waals surface area contributed by atoms with Crippen molar-refractivity contribution in [2.75, 3.05) is 19.7 Å². The Kier molecular flexibility index (Phi) is 4.97. The molecule has 0 radical (unpaired) electrons. The van der Waals surface area contributed by atoms with E-state index in [1.807, 2.05) is 13.8 Å². The van der Waals surface area contributed by atoms with Crippen LogP contribution in [0.25, 0.3) is 0 Å². The number of rotatable bonds is 4. The van der Waals surface area contributed by atoms with Crippen LogP contribution in [0.2, 0.25) is 0 Å². The zero-order valence-corrected chi connectivity index (χ0v) is 15.6. The van der Waals surface area contributed by atoms with Gasteiger partial charge in [0.15, 0.2) is 0 Å². The van der Waals surface area contributed by atoms with Crippen molar-refractivity contribution in [2.24, 2.45) is 5.41 Å². The summed E-state index contributed by atoms with van der Waals surface area (Å²) in [6, 6.07) is 6.51. The molecule has 1 aliphatic heterocycles. The van der Waals surface area contributed by atoms with Gasteiger partial charge < -0.3 is 9.64 Å². The van der Waals surface area contributed by atoms with E-state index in [0.717, 1.165) is 5.56 Å². The highest BCUT2D eigenvalue weighted by Gasteiger charge is 2.44. The Morgan fingerprint density at radius 2 is 1.75 bits per heavy atom. The SMILES string of the molecule is Cc1ccc(S(=O)(=O)OCC2(C)CN(C(=O)OC(C)(C)C)C2)cc1. The van der Waals surface area contributed by atoms with E-state index in [0.29, 0.717) is 13.1 Å². The summed E-state index contributed by atoms with van der Waals surface area (Å²) in [5, 5.41) is 0. The van der Waals surface area contributed by atoms with Crippen molar-refractivity contribution in [3.05, 3.63) is 29.8 Å². The van der Waals surface area contributed by atoms with Crippen molar-refractivity contribution in [1.82, 2.24) is 4.90 Å². The maximum absolute atomic E-state index is 12.2. The van der Waals surface area contributed by atoms with Crippen molar-refractivity contribution >= 4 is 16.2 Å². The van der Waals surface area contributed by atoms with Crippen LogP contribution in [0.15, 0.2) is 29.2 Å². The van der Waals surface area contributed by atoms with Crippen LogP contribution >= 0.6 is 0 Å². The molecular formula is C17H25NO5S. The summed E-state index contributed by atoms with van der Waals surface area (Å²) in [5.41, 5.74) is 0.0381. The lowest BCUT2D eigenvalue weighted by Gasteiger charge is -2.47. The first-order valence-electron chi connectivity index (χ1n) is 7.84. The second-order valence-electron chi connectivity index (χ2n) is 7.68. The molecule has 0 N–H and O–H groups in total. The third kappa shape index (κ3) is 4.70. The number of ether oxygens (including phenoxy) is 1. The minimum absolute atomic E-state index is 0.0303. The highest BCUT2D eigenvalue weighted by atomic mass is 32.2. The predicted octanol–water partition coefficient (Wildman–Crippen LogP) is 2.96. The van der Waals surface area contributed by atoms with Crippen LogP contribution in [0.4, 0.5) is 4.79 Å². The number of hydrogen-bond donors (Lipinski definition) is 0. The molecule has 0 aliphatic carbocycles. The van der Waals surface area contributed by atoms with Gasteiger partial charge in [-0.25, -0.2) is 4.79 Å². The van der Waals surface area contributed by atoms with Crippen molar-refractivity contribution in [2.45, 2.75) is 45.1 Å². The molecule has 1 saturated heterocycles. The first kappa shape index (κ1) is 18.7. The van der Waals surface area contributed by atoms with E-state index in [4.69, 9.17) is 8.92 Å². The molecule has 134 valence electrons. The molecule has 2 rings (SSSR count). The van der Waals surface area contributed by atoms with Crippen LogP contribution in [0, 0.1) is 12.3 Å². The number of hydrogen-bond acceptors (Lipinski definition) is 5. The van der Waals surface area contributed by atoms with Crippen molar-refractivity contribution in [3.63, 3.8) is 0 Å². The molecule has 0 bridgehead atoms. The zero-order valence-electron chi connectivity index (χ0n) is 14.8. The van der Waals surface area contributed by atoms with Crippen molar-refractivity contribution < 1.29 is 22.1 Å². The fraction of sp³-hybridized carbons (Fsp3) is 0.588. The fourth-order valence-electron chi connectivity index (χ4n) is 2.41. The first-order valence-corrected chi connectivity index (χ1v) is 9.25. The molecule has 24 heavy (non-hydrogen) atoms. The van der Waals surface area contributed by atoms with E-state index in [1.165, 1.54) is 12.1 Å². The summed E-state index contributed by atoms with van der Waals surface area (Å²) in [7, 11) is -3.79. The van der Waals surface area contributed by atoms with E-state index >= 15 is 0 Å². The minimum atomic E-state index is -3.79. The van der Waals surface area contributed by atoms with E-state index in [-0.39, 0.29) is 17.6 Å². The summed E-state index contributed by atoms with van der Waals surface area (Å²) in [5.74, 6) is 0. The van der Waals surface area contributed by atoms with Crippen LogP contribution in [0.3, 0.4) is 0 Å².